The highest BCUT2D eigenvalue weighted by Gasteiger charge is 2.31. The highest BCUT2D eigenvalue weighted by Crippen LogP contribution is 2.30. The molecule has 0 bridgehead atoms. The van der Waals surface area contributed by atoms with Crippen molar-refractivity contribution in [3.8, 4) is 0 Å². The van der Waals surface area contributed by atoms with Crippen LogP contribution in [0.3, 0.4) is 0 Å². The molecule has 2 rings (SSSR count). The van der Waals surface area contributed by atoms with Gasteiger partial charge in [0.05, 0.1) is 12.0 Å². The summed E-state index contributed by atoms with van der Waals surface area (Å²) in [6.07, 6.45) is 5.88. The molecule has 1 aliphatic carbocycles. The highest BCUT2D eigenvalue weighted by molar-refractivity contribution is 5.77. The largest absolute Gasteiger partial charge is 0.389 e. The molecule has 1 fully saturated rings. The van der Waals surface area contributed by atoms with Crippen molar-refractivity contribution in [3.05, 3.63) is 30.3 Å². The fraction of sp³-hybridized carbons (Fsp3) is 0.588. The number of benzene rings is 1. The van der Waals surface area contributed by atoms with Crippen molar-refractivity contribution in [3.63, 3.8) is 0 Å². The van der Waals surface area contributed by atoms with E-state index in [-0.39, 0.29) is 12.3 Å². The van der Waals surface area contributed by atoms with E-state index in [1.807, 2.05) is 30.3 Å². The number of aliphatic hydroxyl groups is 1. The van der Waals surface area contributed by atoms with Crippen molar-refractivity contribution in [1.29, 1.82) is 0 Å². The maximum Gasteiger partial charge on any atom is 0.222 e. The van der Waals surface area contributed by atoms with Gasteiger partial charge in [-0.15, -0.1) is 0 Å². The van der Waals surface area contributed by atoms with Gasteiger partial charge in [-0.25, -0.2) is 0 Å². The molecule has 1 aromatic carbocycles. The first-order valence-electron chi connectivity index (χ1n) is 7.96. The summed E-state index contributed by atoms with van der Waals surface area (Å²) >= 11 is 0. The minimum atomic E-state index is -0.759. The van der Waals surface area contributed by atoms with Gasteiger partial charge < -0.3 is 15.7 Å². The first-order valence-corrected chi connectivity index (χ1v) is 7.96. The Kier molecular flexibility index (Phi) is 6.05. The van der Waals surface area contributed by atoms with E-state index in [2.05, 4.69) is 10.6 Å². The molecule has 0 saturated heterocycles. The molecule has 0 unspecified atom stereocenters. The fourth-order valence-corrected chi connectivity index (χ4v) is 2.85. The normalized spacial score (nSPS) is 17.2. The third-order valence-corrected chi connectivity index (χ3v) is 4.05. The lowest BCUT2D eigenvalue weighted by Crippen LogP contribution is -2.38. The second kappa shape index (κ2) is 8.03. The van der Waals surface area contributed by atoms with Crippen molar-refractivity contribution in [1.82, 2.24) is 5.32 Å². The molecular formula is C17H26N2O2. The summed E-state index contributed by atoms with van der Waals surface area (Å²) in [7, 11) is 0. The Labute approximate surface area is 126 Å². The van der Waals surface area contributed by atoms with Gasteiger partial charge in [0.15, 0.2) is 0 Å². The van der Waals surface area contributed by atoms with Crippen LogP contribution in [-0.4, -0.2) is 29.7 Å². The molecule has 116 valence electrons. The van der Waals surface area contributed by atoms with E-state index in [9.17, 15) is 9.90 Å². The highest BCUT2D eigenvalue weighted by atomic mass is 16.3. The van der Waals surface area contributed by atoms with Crippen LogP contribution in [0, 0.1) is 0 Å². The number of hydrogen-bond donors (Lipinski definition) is 3. The Hall–Kier alpha value is -1.55. The monoisotopic (exact) mass is 290 g/mol. The Bertz CT molecular complexity index is 428. The minimum Gasteiger partial charge on any atom is -0.389 e. The molecule has 0 atom stereocenters. The summed E-state index contributed by atoms with van der Waals surface area (Å²) < 4.78 is 0. The van der Waals surface area contributed by atoms with Crippen molar-refractivity contribution >= 4 is 11.6 Å². The van der Waals surface area contributed by atoms with E-state index in [4.69, 9.17) is 0 Å². The van der Waals surface area contributed by atoms with Gasteiger partial charge in [-0.1, -0.05) is 37.5 Å². The average Bonchev–Trinajstić information content (AvgIpc) is 2.48. The lowest BCUT2D eigenvalue weighted by Gasteiger charge is -2.31. The molecule has 1 aromatic rings. The Morgan fingerprint density at radius 1 is 1.10 bits per heavy atom. The van der Waals surface area contributed by atoms with Crippen LogP contribution in [0.2, 0.25) is 0 Å². The number of nitrogens with one attached hydrogen (secondary N) is 2. The number of anilines is 1. The van der Waals surface area contributed by atoms with Gasteiger partial charge in [0.2, 0.25) is 5.91 Å². The maximum absolute atomic E-state index is 11.9. The van der Waals surface area contributed by atoms with Gasteiger partial charge >= 0.3 is 0 Å². The van der Waals surface area contributed by atoms with E-state index >= 15 is 0 Å². The van der Waals surface area contributed by atoms with Gasteiger partial charge in [-0.3, -0.25) is 4.79 Å². The first-order chi connectivity index (χ1) is 10.2. The lowest BCUT2D eigenvalue weighted by atomic mass is 9.82. The van der Waals surface area contributed by atoms with Crippen molar-refractivity contribution in [2.24, 2.45) is 0 Å². The standard InChI is InChI=1S/C17H26N2O2/c20-16(14-17(21)10-5-2-6-11-17)19-13-7-12-18-15-8-3-1-4-9-15/h1,3-4,8-9,18,21H,2,5-7,10-14H2,(H,19,20). The van der Waals surface area contributed by atoms with Crippen molar-refractivity contribution < 1.29 is 9.90 Å². The zero-order chi connectivity index (χ0) is 15.0. The van der Waals surface area contributed by atoms with Crippen LogP contribution in [0.4, 0.5) is 5.69 Å². The van der Waals surface area contributed by atoms with E-state index in [1.54, 1.807) is 0 Å². The molecule has 4 heteroatoms. The third kappa shape index (κ3) is 5.76. The zero-order valence-corrected chi connectivity index (χ0v) is 12.6. The Morgan fingerprint density at radius 3 is 2.52 bits per heavy atom. The van der Waals surface area contributed by atoms with Crippen molar-refractivity contribution in [2.45, 2.75) is 50.5 Å². The molecule has 0 spiro atoms. The summed E-state index contributed by atoms with van der Waals surface area (Å²) in [5.74, 6) is -0.0286. The van der Waals surface area contributed by atoms with Crippen molar-refractivity contribution in [2.75, 3.05) is 18.4 Å². The number of hydrogen-bond acceptors (Lipinski definition) is 3. The van der Waals surface area contributed by atoms with Gasteiger partial charge in [-0.2, -0.15) is 0 Å². The fourth-order valence-electron chi connectivity index (χ4n) is 2.85. The average molecular weight is 290 g/mol. The van der Waals surface area contributed by atoms with Crippen LogP contribution >= 0.6 is 0 Å². The molecule has 1 saturated carbocycles. The summed E-state index contributed by atoms with van der Waals surface area (Å²) in [6.45, 7) is 1.48. The van der Waals surface area contributed by atoms with Crippen LogP contribution in [0.5, 0.6) is 0 Å². The molecule has 0 radical (unpaired) electrons. The number of rotatable bonds is 7. The maximum atomic E-state index is 11.9. The van der Waals surface area contributed by atoms with E-state index < -0.39 is 5.60 Å². The van der Waals surface area contributed by atoms with Crippen LogP contribution in [0.1, 0.15) is 44.9 Å². The lowest BCUT2D eigenvalue weighted by molar-refractivity contribution is -0.127. The predicted molar refractivity (Wildman–Crippen MR) is 85.2 cm³/mol. The Balaban J connectivity index is 1.57. The molecule has 21 heavy (non-hydrogen) atoms. The van der Waals surface area contributed by atoms with Crippen LogP contribution < -0.4 is 10.6 Å². The zero-order valence-electron chi connectivity index (χ0n) is 12.6. The number of para-hydroxylation sites is 1. The molecule has 0 heterocycles. The van der Waals surface area contributed by atoms with E-state index in [1.165, 1.54) is 6.42 Å². The molecule has 4 nitrogen and oxygen atoms in total. The van der Waals surface area contributed by atoms with Gasteiger partial charge in [-0.05, 0) is 31.4 Å². The summed E-state index contributed by atoms with van der Waals surface area (Å²) in [5, 5.41) is 16.5. The summed E-state index contributed by atoms with van der Waals surface area (Å²) in [4.78, 5) is 11.9. The third-order valence-electron chi connectivity index (χ3n) is 4.05. The van der Waals surface area contributed by atoms with Gasteiger partial charge in [0.1, 0.15) is 0 Å². The summed E-state index contributed by atoms with van der Waals surface area (Å²) in [5.41, 5.74) is 0.338. The number of carbonyl (C=O) groups is 1. The molecule has 1 amide bonds. The quantitative estimate of drug-likeness (QED) is 0.677. The molecule has 1 aliphatic rings. The topological polar surface area (TPSA) is 61.4 Å². The van der Waals surface area contributed by atoms with Crippen LogP contribution in [-0.2, 0) is 4.79 Å². The van der Waals surface area contributed by atoms with E-state index in [0.29, 0.717) is 6.54 Å². The second-order valence-corrected chi connectivity index (χ2v) is 5.96. The summed E-state index contributed by atoms with van der Waals surface area (Å²) in [6, 6.07) is 10.0. The SMILES string of the molecule is O=C(CC1(O)CCCCC1)NCCCNc1ccccc1. The first kappa shape index (κ1) is 15.8. The van der Waals surface area contributed by atoms with Gasteiger partial charge in [0.25, 0.3) is 0 Å². The Morgan fingerprint density at radius 2 is 1.81 bits per heavy atom. The number of amides is 1. The molecule has 3 N–H and O–H groups in total. The molecule has 0 aromatic heterocycles. The second-order valence-electron chi connectivity index (χ2n) is 5.96. The van der Waals surface area contributed by atoms with E-state index in [0.717, 1.165) is 44.3 Å². The van der Waals surface area contributed by atoms with Gasteiger partial charge in [0, 0.05) is 18.8 Å². The number of carbonyl (C=O) groups excluding carboxylic acids is 1. The smallest absolute Gasteiger partial charge is 0.222 e. The predicted octanol–water partition coefficient (Wildman–Crippen LogP) is 2.69. The molecule has 0 aliphatic heterocycles. The van der Waals surface area contributed by atoms with Crippen LogP contribution in [0.15, 0.2) is 30.3 Å². The molecular weight excluding hydrogens is 264 g/mol. The minimum absolute atomic E-state index is 0.0286. The van der Waals surface area contributed by atoms with Crippen LogP contribution in [0.25, 0.3) is 0 Å².